The monoisotopic (exact) mass is 330 g/mol. The van der Waals surface area contributed by atoms with Crippen LogP contribution >= 0.6 is 0 Å². The van der Waals surface area contributed by atoms with Crippen molar-refractivity contribution in [2.45, 2.75) is 0 Å². The Bertz CT molecular complexity index is 721. The van der Waals surface area contributed by atoms with Crippen molar-refractivity contribution >= 4 is 23.3 Å². The van der Waals surface area contributed by atoms with Crippen molar-refractivity contribution in [2.24, 2.45) is 0 Å². The van der Waals surface area contributed by atoms with Crippen LogP contribution in [-0.2, 0) is 9.47 Å². The molecule has 7 nitrogen and oxygen atoms in total. The van der Waals surface area contributed by atoms with Crippen molar-refractivity contribution in [3.63, 3.8) is 0 Å². The summed E-state index contributed by atoms with van der Waals surface area (Å²) in [6.45, 7) is 2.79. The molecule has 1 fully saturated rings. The molecule has 1 aromatic carbocycles. The summed E-state index contributed by atoms with van der Waals surface area (Å²) in [7, 11) is 1.31. The Hall–Kier alpha value is -2.80. The quantitative estimate of drug-likeness (QED) is 0.865. The Morgan fingerprint density at radius 1 is 1.21 bits per heavy atom. The smallest absolute Gasteiger partial charge is 0.340 e. The average molecular weight is 330 g/mol. The van der Waals surface area contributed by atoms with Crippen LogP contribution in [0.1, 0.15) is 20.7 Å². The van der Waals surface area contributed by atoms with Crippen LogP contribution in [0.2, 0.25) is 0 Å². The lowest BCUT2D eigenvalue weighted by Gasteiger charge is -2.29. The molecule has 0 radical (unpaired) electrons. The molecule has 2 aromatic rings. The van der Waals surface area contributed by atoms with Gasteiger partial charge >= 0.3 is 5.97 Å². The van der Waals surface area contributed by atoms with Gasteiger partial charge in [0.25, 0.3) is 5.91 Å². The molecule has 1 N–H and O–H groups in total. The number of nitrogens with one attached hydrogen (secondary N) is 1. The number of morpholine rings is 1. The number of amides is 1. The highest BCUT2D eigenvalue weighted by Gasteiger charge is 2.19. The summed E-state index contributed by atoms with van der Waals surface area (Å²) in [5.41, 5.74) is 1.96. The minimum atomic E-state index is -0.507. The average Bonchev–Trinajstić information content (AvgIpc) is 3.17. The molecule has 0 bridgehead atoms. The fourth-order valence-electron chi connectivity index (χ4n) is 2.53. The lowest BCUT2D eigenvalue weighted by molar-refractivity contribution is 0.0602. The highest BCUT2D eigenvalue weighted by Crippen LogP contribution is 2.25. The maximum atomic E-state index is 12.2. The molecule has 0 aliphatic carbocycles. The lowest BCUT2D eigenvalue weighted by Crippen LogP contribution is -2.36. The van der Waals surface area contributed by atoms with Crippen molar-refractivity contribution in [2.75, 3.05) is 43.6 Å². The van der Waals surface area contributed by atoms with Gasteiger partial charge in [0.15, 0.2) is 0 Å². The standard InChI is InChI=1S/C17H18N2O5/c1-22-17(21)14-10-13(19-5-8-23-9-6-19)2-3-15(14)18-16(20)12-4-7-24-11-12/h2-4,7,10-11H,5-6,8-9H2,1H3,(H,18,20). The largest absolute Gasteiger partial charge is 0.472 e. The topological polar surface area (TPSA) is 81.0 Å². The van der Waals surface area contributed by atoms with Gasteiger partial charge in [-0.15, -0.1) is 0 Å². The van der Waals surface area contributed by atoms with Crippen molar-refractivity contribution in [1.82, 2.24) is 0 Å². The van der Waals surface area contributed by atoms with Crippen LogP contribution in [0.25, 0.3) is 0 Å². The molecule has 126 valence electrons. The number of furan rings is 1. The summed E-state index contributed by atoms with van der Waals surface area (Å²) in [6.07, 6.45) is 2.76. The van der Waals surface area contributed by atoms with E-state index in [0.29, 0.717) is 30.0 Å². The number of carbonyl (C=O) groups excluding carboxylic acids is 2. The molecule has 2 heterocycles. The molecule has 24 heavy (non-hydrogen) atoms. The third-order valence-corrected chi connectivity index (χ3v) is 3.82. The Morgan fingerprint density at radius 2 is 2.00 bits per heavy atom. The van der Waals surface area contributed by atoms with Crippen LogP contribution in [0.3, 0.4) is 0 Å². The van der Waals surface area contributed by atoms with Crippen LogP contribution in [0.5, 0.6) is 0 Å². The van der Waals surface area contributed by atoms with Gasteiger partial charge in [-0.2, -0.15) is 0 Å². The van der Waals surface area contributed by atoms with Gasteiger partial charge in [-0.1, -0.05) is 0 Å². The maximum absolute atomic E-state index is 12.2. The minimum absolute atomic E-state index is 0.304. The van der Waals surface area contributed by atoms with Gasteiger partial charge < -0.3 is 24.1 Å². The van der Waals surface area contributed by atoms with E-state index in [1.54, 1.807) is 18.2 Å². The number of esters is 1. The SMILES string of the molecule is COC(=O)c1cc(N2CCOCC2)ccc1NC(=O)c1ccoc1. The maximum Gasteiger partial charge on any atom is 0.340 e. The van der Waals surface area contributed by atoms with Gasteiger partial charge in [-0.3, -0.25) is 4.79 Å². The summed E-state index contributed by atoms with van der Waals surface area (Å²) in [5, 5.41) is 2.72. The van der Waals surface area contributed by atoms with Gasteiger partial charge in [0, 0.05) is 18.8 Å². The van der Waals surface area contributed by atoms with E-state index in [4.69, 9.17) is 13.9 Å². The first kappa shape index (κ1) is 16.1. The summed E-state index contributed by atoms with van der Waals surface area (Å²) in [6, 6.07) is 6.84. The number of anilines is 2. The number of ether oxygens (including phenoxy) is 2. The third kappa shape index (κ3) is 3.41. The molecular formula is C17H18N2O5. The van der Waals surface area contributed by atoms with Crippen molar-refractivity contribution in [1.29, 1.82) is 0 Å². The number of hydrogen-bond donors (Lipinski definition) is 1. The first-order chi connectivity index (χ1) is 11.7. The normalized spacial score (nSPS) is 14.3. The van der Waals surface area contributed by atoms with Crippen molar-refractivity contribution in [3.8, 4) is 0 Å². The molecule has 7 heteroatoms. The molecule has 1 aromatic heterocycles. The van der Waals surface area contributed by atoms with Gasteiger partial charge in [0.2, 0.25) is 0 Å². The zero-order chi connectivity index (χ0) is 16.9. The first-order valence-electron chi connectivity index (χ1n) is 7.57. The zero-order valence-electron chi connectivity index (χ0n) is 13.3. The Labute approximate surface area is 139 Å². The van der Waals surface area contributed by atoms with E-state index in [-0.39, 0.29) is 5.91 Å². The van der Waals surface area contributed by atoms with E-state index in [1.165, 1.54) is 19.6 Å². The molecule has 0 spiro atoms. The first-order valence-corrected chi connectivity index (χ1v) is 7.57. The van der Waals surface area contributed by atoms with Gasteiger partial charge in [-0.25, -0.2) is 4.79 Å². The molecule has 1 aliphatic rings. The summed E-state index contributed by atoms with van der Waals surface area (Å²) < 4.78 is 15.1. The van der Waals surface area contributed by atoms with E-state index < -0.39 is 5.97 Å². The second-order valence-electron chi connectivity index (χ2n) is 5.29. The Morgan fingerprint density at radius 3 is 2.67 bits per heavy atom. The molecule has 0 saturated carbocycles. The number of benzene rings is 1. The second kappa shape index (κ2) is 7.18. The molecule has 1 saturated heterocycles. The molecule has 0 atom stereocenters. The predicted molar refractivity (Wildman–Crippen MR) is 87.5 cm³/mol. The fourth-order valence-corrected chi connectivity index (χ4v) is 2.53. The third-order valence-electron chi connectivity index (χ3n) is 3.82. The van der Waals surface area contributed by atoms with Gasteiger partial charge in [0.1, 0.15) is 6.26 Å². The highest BCUT2D eigenvalue weighted by molar-refractivity contribution is 6.08. The second-order valence-corrected chi connectivity index (χ2v) is 5.29. The predicted octanol–water partition coefficient (Wildman–Crippen LogP) is 2.16. The van der Waals surface area contributed by atoms with E-state index >= 15 is 0 Å². The van der Waals surface area contributed by atoms with Crippen LogP contribution in [0.15, 0.2) is 41.2 Å². The number of methoxy groups -OCH3 is 1. The van der Waals surface area contributed by atoms with E-state index in [0.717, 1.165) is 18.8 Å². The Kier molecular flexibility index (Phi) is 4.81. The zero-order valence-corrected chi connectivity index (χ0v) is 13.3. The van der Waals surface area contributed by atoms with E-state index in [1.807, 2.05) is 6.07 Å². The number of nitrogens with zero attached hydrogens (tertiary/aromatic N) is 1. The van der Waals surface area contributed by atoms with Crippen molar-refractivity contribution in [3.05, 3.63) is 47.9 Å². The number of hydrogen-bond acceptors (Lipinski definition) is 6. The number of carbonyl (C=O) groups is 2. The van der Waals surface area contributed by atoms with Gasteiger partial charge in [0.05, 0.1) is 43.4 Å². The highest BCUT2D eigenvalue weighted by atomic mass is 16.5. The van der Waals surface area contributed by atoms with E-state index in [9.17, 15) is 9.59 Å². The van der Waals surface area contributed by atoms with Crippen LogP contribution in [0, 0.1) is 0 Å². The molecule has 3 rings (SSSR count). The van der Waals surface area contributed by atoms with Crippen LogP contribution in [0.4, 0.5) is 11.4 Å². The fraction of sp³-hybridized carbons (Fsp3) is 0.294. The summed E-state index contributed by atoms with van der Waals surface area (Å²) in [4.78, 5) is 26.4. The summed E-state index contributed by atoms with van der Waals surface area (Å²) >= 11 is 0. The Balaban J connectivity index is 1.87. The minimum Gasteiger partial charge on any atom is -0.472 e. The number of rotatable bonds is 4. The molecular weight excluding hydrogens is 312 g/mol. The van der Waals surface area contributed by atoms with Gasteiger partial charge in [-0.05, 0) is 24.3 Å². The molecule has 1 amide bonds. The molecule has 0 unspecified atom stereocenters. The lowest BCUT2D eigenvalue weighted by atomic mass is 10.1. The van der Waals surface area contributed by atoms with Crippen molar-refractivity contribution < 1.29 is 23.5 Å². The van der Waals surface area contributed by atoms with Crippen LogP contribution in [-0.4, -0.2) is 45.3 Å². The van der Waals surface area contributed by atoms with E-state index in [2.05, 4.69) is 10.2 Å². The van der Waals surface area contributed by atoms with Crippen LogP contribution < -0.4 is 10.2 Å². The molecule has 1 aliphatic heterocycles. The summed E-state index contributed by atoms with van der Waals surface area (Å²) in [5.74, 6) is -0.861.